The quantitative estimate of drug-likeness (QED) is 0.716. The van der Waals surface area contributed by atoms with Crippen molar-refractivity contribution in [2.75, 3.05) is 20.2 Å². The van der Waals surface area contributed by atoms with Crippen molar-refractivity contribution in [3.8, 4) is 11.5 Å². The van der Waals surface area contributed by atoms with Crippen LogP contribution in [0.15, 0.2) is 48.5 Å². The van der Waals surface area contributed by atoms with E-state index in [-0.39, 0.29) is 18.3 Å². The summed E-state index contributed by atoms with van der Waals surface area (Å²) >= 11 is 0. The highest BCUT2D eigenvalue weighted by molar-refractivity contribution is 5.85. The fourth-order valence-corrected chi connectivity index (χ4v) is 4.20. The largest absolute Gasteiger partial charge is 0.497 e. The Morgan fingerprint density at radius 2 is 1.87 bits per heavy atom. The number of benzene rings is 2. The number of rotatable bonds is 7. The maximum absolute atomic E-state index is 11.5. The van der Waals surface area contributed by atoms with E-state index < -0.39 is 0 Å². The first kappa shape index (κ1) is 22.4. The Bertz CT molecular complexity index is 838. The lowest BCUT2D eigenvalue weighted by molar-refractivity contribution is -0.129. The number of hydrogen-bond acceptors (Lipinski definition) is 4. The molecule has 5 nitrogen and oxygen atoms in total. The molecule has 1 N–H and O–H groups in total. The van der Waals surface area contributed by atoms with E-state index in [1.165, 1.54) is 5.56 Å². The number of piperidine rings is 1. The first-order valence-corrected chi connectivity index (χ1v) is 10.5. The second kappa shape index (κ2) is 10.2. The molecular formula is C24H31ClN2O3. The summed E-state index contributed by atoms with van der Waals surface area (Å²) in [6, 6.07) is 17.3. The molecule has 2 fully saturated rings. The molecule has 2 atom stereocenters. The Morgan fingerprint density at radius 1 is 1.13 bits per heavy atom. The van der Waals surface area contributed by atoms with E-state index in [1.807, 2.05) is 35.2 Å². The average molecular weight is 431 g/mol. The van der Waals surface area contributed by atoms with Crippen LogP contribution >= 0.6 is 12.4 Å². The number of nitrogens with one attached hydrogen (secondary N) is 1. The number of carbonyl (C=O) groups excluding carboxylic acids is 1. The van der Waals surface area contributed by atoms with Gasteiger partial charge in [0.05, 0.1) is 7.11 Å². The Balaban J connectivity index is 0.00000256. The Morgan fingerprint density at radius 3 is 2.53 bits per heavy atom. The van der Waals surface area contributed by atoms with Crippen LogP contribution in [0.5, 0.6) is 11.5 Å². The molecule has 6 heteroatoms. The molecule has 0 bridgehead atoms. The predicted octanol–water partition coefficient (Wildman–Crippen LogP) is 4.15. The number of hydrogen-bond donors (Lipinski definition) is 1. The minimum atomic E-state index is 0. The highest BCUT2D eigenvalue weighted by Gasteiger charge is 2.41. The fraction of sp³-hybridized carbons (Fsp3) is 0.458. The Labute approximate surface area is 185 Å². The highest BCUT2D eigenvalue weighted by atomic mass is 35.5. The van der Waals surface area contributed by atoms with Crippen molar-refractivity contribution >= 4 is 18.3 Å². The van der Waals surface area contributed by atoms with Gasteiger partial charge in [0.1, 0.15) is 18.1 Å². The number of carbonyl (C=O) groups is 1. The topological polar surface area (TPSA) is 50.8 Å². The first-order valence-electron chi connectivity index (χ1n) is 10.5. The first-order chi connectivity index (χ1) is 14.1. The maximum atomic E-state index is 11.5. The molecule has 162 valence electrons. The zero-order chi connectivity index (χ0) is 20.2. The van der Waals surface area contributed by atoms with Gasteiger partial charge in [-0.15, -0.1) is 12.4 Å². The molecule has 0 radical (unpaired) electrons. The van der Waals surface area contributed by atoms with Crippen molar-refractivity contribution in [1.29, 1.82) is 0 Å². The number of ether oxygens (including phenoxy) is 2. The molecule has 2 aromatic carbocycles. The van der Waals surface area contributed by atoms with E-state index in [1.54, 1.807) is 14.0 Å². The van der Waals surface area contributed by atoms with Gasteiger partial charge in [-0.05, 0) is 43.0 Å². The summed E-state index contributed by atoms with van der Waals surface area (Å²) in [5.74, 6) is 2.44. The van der Waals surface area contributed by atoms with E-state index in [4.69, 9.17) is 9.47 Å². The molecule has 1 amide bonds. The lowest BCUT2D eigenvalue weighted by Crippen LogP contribution is -2.45. The summed E-state index contributed by atoms with van der Waals surface area (Å²) < 4.78 is 11.6. The van der Waals surface area contributed by atoms with Crippen LogP contribution in [0.3, 0.4) is 0 Å². The molecule has 0 aromatic heterocycles. The van der Waals surface area contributed by atoms with E-state index in [0.717, 1.165) is 49.4 Å². The van der Waals surface area contributed by atoms with Gasteiger partial charge in [-0.2, -0.15) is 0 Å². The SMILES string of the molecule is COc1ccc(OCc2ccccc2)c([C@@H]2C[C@H]2NC2CCN(C(C)=O)CC2)c1.Cl. The molecule has 0 unspecified atom stereocenters. The smallest absolute Gasteiger partial charge is 0.219 e. The van der Waals surface area contributed by atoms with Gasteiger partial charge in [-0.1, -0.05) is 30.3 Å². The molecule has 2 aliphatic rings. The summed E-state index contributed by atoms with van der Waals surface area (Å²) in [4.78, 5) is 13.5. The van der Waals surface area contributed by atoms with Gasteiger partial charge in [0.25, 0.3) is 0 Å². The summed E-state index contributed by atoms with van der Waals surface area (Å²) in [7, 11) is 1.70. The van der Waals surface area contributed by atoms with Crippen LogP contribution < -0.4 is 14.8 Å². The zero-order valence-electron chi connectivity index (χ0n) is 17.7. The number of halogens is 1. The van der Waals surface area contributed by atoms with Gasteiger partial charge in [-0.3, -0.25) is 4.79 Å². The lowest BCUT2D eigenvalue weighted by Gasteiger charge is -2.32. The number of likely N-dealkylation sites (tertiary alicyclic amines) is 1. The fourth-order valence-electron chi connectivity index (χ4n) is 4.20. The van der Waals surface area contributed by atoms with Crippen molar-refractivity contribution in [2.24, 2.45) is 0 Å². The standard InChI is InChI=1S/C24H30N2O3.ClH/c1-17(27)26-12-10-19(11-13-26)25-23-15-21(23)22-14-20(28-2)8-9-24(22)29-16-18-6-4-3-5-7-18;/h3-9,14,19,21,23,25H,10-13,15-16H2,1-2H3;1H/t21-,23+;/m0./s1. The number of nitrogens with zero attached hydrogens (tertiary/aromatic N) is 1. The zero-order valence-corrected chi connectivity index (χ0v) is 18.5. The molecular weight excluding hydrogens is 400 g/mol. The van der Waals surface area contributed by atoms with Crippen molar-refractivity contribution in [1.82, 2.24) is 10.2 Å². The van der Waals surface area contributed by atoms with Gasteiger partial charge in [0.2, 0.25) is 5.91 Å². The Kier molecular flexibility index (Phi) is 7.62. The molecule has 0 spiro atoms. The van der Waals surface area contributed by atoms with E-state index >= 15 is 0 Å². The summed E-state index contributed by atoms with van der Waals surface area (Å²) in [6.45, 7) is 3.93. The van der Waals surface area contributed by atoms with E-state index in [0.29, 0.717) is 24.6 Å². The Hall–Kier alpha value is -2.24. The van der Waals surface area contributed by atoms with Crippen LogP contribution in [-0.2, 0) is 11.4 Å². The van der Waals surface area contributed by atoms with Crippen LogP contribution in [0.4, 0.5) is 0 Å². The van der Waals surface area contributed by atoms with Gasteiger partial charge in [0.15, 0.2) is 0 Å². The van der Waals surface area contributed by atoms with Gasteiger partial charge in [-0.25, -0.2) is 0 Å². The molecule has 4 rings (SSSR count). The van der Waals surface area contributed by atoms with Crippen LogP contribution in [0.1, 0.15) is 43.2 Å². The van der Waals surface area contributed by atoms with Crippen molar-refractivity contribution in [2.45, 2.75) is 50.8 Å². The number of methoxy groups -OCH3 is 1. The van der Waals surface area contributed by atoms with Gasteiger partial charge < -0.3 is 19.7 Å². The summed E-state index contributed by atoms with van der Waals surface area (Å²) in [5.41, 5.74) is 2.39. The van der Waals surface area contributed by atoms with Gasteiger partial charge >= 0.3 is 0 Å². The normalized spacial score (nSPS) is 20.9. The van der Waals surface area contributed by atoms with E-state index in [2.05, 4.69) is 23.5 Å². The van der Waals surface area contributed by atoms with Crippen LogP contribution in [0, 0.1) is 0 Å². The third kappa shape index (κ3) is 5.46. The second-order valence-electron chi connectivity index (χ2n) is 8.07. The third-order valence-electron chi connectivity index (χ3n) is 6.03. The lowest BCUT2D eigenvalue weighted by atomic mass is 10.0. The molecule has 1 aliphatic heterocycles. The van der Waals surface area contributed by atoms with Crippen LogP contribution in [0.25, 0.3) is 0 Å². The molecule has 1 saturated carbocycles. The third-order valence-corrected chi connectivity index (χ3v) is 6.03. The summed E-state index contributed by atoms with van der Waals surface area (Å²) in [5, 5.41) is 3.81. The summed E-state index contributed by atoms with van der Waals surface area (Å²) in [6.07, 6.45) is 3.17. The minimum absolute atomic E-state index is 0. The van der Waals surface area contributed by atoms with Crippen LogP contribution in [0.2, 0.25) is 0 Å². The average Bonchev–Trinajstić information content (AvgIpc) is 3.52. The molecule has 2 aromatic rings. The number of amides is 1. The molecule has 30 heavy (non-hydrogen) atoms. The molecule has 1 heterocycles. The van der Waals surface area contributed by atoms with E-state index in [9.17, 15) is 4.79 Å². The van der Waals surface area contributed by atoms with Crippen molar-refractivity contribution in [3.63, 3.8) is 0 Å². The van der Waals surface area contributed by atoms with Crippen molar-refractivity contribution in [3.05, 3.63) is 59.7 Å². The van der Waals surface area contributed by atoms with Crippen LogP contribution in [-0.4, -0.2) is 43.1 Å². The van der Waals surface area contributed by atoms with Crippen molar-refractivity contribution < 1.29 is 14.3 Å². The highest BCUT2D eigenvalue weighted by Crippen LogP contribution is 2.46. The predicted molar refractivity (Wildman–Crippen MR) is 121 cm³/mol. The monoisotopic (exact) mass is 430 g/mol. The van der Waals surface area contributed by atoms with Gasteiger partial charge in [0, 0.05) is 43.6 Å². The minimum Gasteiger partial charge on any atom is -0.497 e. The maximum Gasteiger partial charge on any atom is 0.219 e. The molecule has 1 aliphatic carbocycles. The second-order valence-corrected chi connectivity index (χ2v) is 8.07. The molecule has 1 saturated heterocycles.